The second-order valence-corrected chi connectivity index (χ2v) is 7.11. The van der Waals surface area contributed by atoms with Crippen molar-refractivity contribution in [3.8, 4) is 0 Å². The van der Waals surface area contributed by atoms with E-state index in [-0.39, 0.29) is 12.8 Å². The fourth-order valence-electron chi connectivity index (χ4n) is 1.61. The van der Waals surface area contributed by atoms with Gasteiger partial charge in [-0.15, -0.1) is 5.06 Å². The number of carbonyl (C=O) groups excluding carboxylic acids is 3. The molecule has 1 fully saturated rings. The van der Waals surface area contributed by atoms with Crippen LogP contribution in [0.3, 0.4) is 0 Å². The van der Waals surface area contributed by atoms with Gasteiger partial charge in [-0.3, -0.25) is 9.59 Å². The Balaban J connectivity index is 1.85. The SMILES string of the molecule is CC(SSc1ccc(N=[N+]=[N-])cc1)C(=O)ON1C(=O)CCC1=O. The van der Waals surface area contributed by atoms with Gasteiger partial charge in [0.25, 0.3) is 11.8 Å². The third-order valence-corrected chi connectivity index (χ3v) is 5.58. The molecule has 0 aliphatic carbocycles. The van der Waals surface area contributed by atoms with Crippen LogP contribution < -0.4 is 0 Å². The van der Waals surface area contributed by atoms with Crippen molar-refractivity contribution in [1.82, 2.24) is 5.06 Å². The Hall–Kier alpha value is -2.16. The molecule has 0 N–H and O–H groups in total. The highest BCUT2D eigenvalue weighted by atomic mass is 33.1. The highest BCUT2D eigenvalue weighted by molar-refractivity contribution is 8.77. The van der Waals surface area contributed by atoms with Gasteiger partial charge >= 0.3 is 5.97 Å². The first-order chi connectivity index (χ1) is 11.0. The van der Waals surface area contributed by atoms with Crippen molar-refractivity contribution in [2.75, 3.05) is 0 Å². The lowest BCUT2D eigenvalue weighted by Gasteiger charge is -2.15. The maximum absolute atomic E-state index is 11.9. The minimum absolute atomic E-state index is 0.0694. The van der Waals surface area contributed by atoms with Gasteiger partial charge in [-0.1, -0.05) is 38.8 Å². The monoisotopic (exact) mass is 352 g/mol. The van der Waals surface area contributed by atoms with Crippen LogP contribution in [-0.2, 0) is 19.2 Å². The summed E-state index contributed by atoms with van der Waals surface area (Å²) in [6, 6.07) is 6.83. The molecule has 0 aromatic heterocycles. The van der Waals surface area contributed by atoms with Crippen LogP contribution in [-0.4, -0.2) is 28.1 Å². The molecular formula is C13H12N4O4S2. The summed E-state index contributed by atoms with van der Waals surface area (Å²) in [4.78, 5) is 43.1. The Morgan fingerprint density at radius 3 is 2.48 bits per heavy atom. The number of imide groups is 1. The van der Waals surface area contributed by atoms with Crippen LogP contribution in [0.15, 0.2) is 34.3 Å². The van der Waals surface area contributed by atoms with Crippen molar-refractivity contribution in [3.63, 3.8) is 0 Å². The normalized spacial score (nSPS) is 15.3. The minimum atomic E-state index is -0.656. The Morgan fingerprint density at radius 1 is 1.30 bits per heavy atom. The van der Waals surface area contributed by atoms with Gasteiger partial charge in [-0.25, -0.2) is 4.79 Å². The van der Waals surface area contributed by atoms with E-state index in [1.54, 1.807) is 31.2 Å². The summed E-state index contributed by atoms with van der Waals surface area (Å²) in [7, 11) is 2.57. The average molecular weight is 352 g/mol. The van der Waals surface area contributed by atoms with E-state index in [4.69, 9.17) is 10.4 Å². The Bertz CT molecular complexity index is 657. The van der Waals surface area contributed by atoms with Crippen LogP contribution in [0.4, 0.5) is 5.69 Å². The lowest BCUT2D eigenvalue weighted by atomic mass is 10.3. The van der Waals surface area contributed by atoms with Crippen LogP contribution >= 0.6 is 21.6 Å². The van der Waals surface area contributed by atoms with Crippen LogP contribution in [0.2, 0.25) is 0 Å². The fourth-order valence-corrected chi connectivity index (χ4v) is 3.57. The van der Waals surface area contributed by atoms with Crippen molar-refractivity contribution >= 4 is 45.1 Å². The molecule has 2 amide bonds. The van der Waals surface area contributed by atoms with E-state index in [0.29, 0.717) is 10.8 Å². The van der Waals surface area contributed by atoms with Crippen LogP contribution in [0.5, 0.6) is 0 Å². The Labute approximate surface area is 139 Å². The van der Waals surface area contributed by atoms with Gasteiger partial charge in [0.1, 0.15) is 5.25 Å². The molecule has 120 valence electrons. The smallest absolute Gasteiger partial charge is 0.329 e. The summed E-state index contributed by atoms with van der Waals surface area (Å²) in [5, 5.41) is 3.43. The third-order valence-electron chi connectivity index (χ3n) is 2.80. The molecular weight excluding hydrogens is 340 g/mol. The van der Waals surface area contributed by atoms with Gasteiger partial charge in [0.2, 0.25) is 0 Å². The molecule has 1 heterocycles. The molecule has 1 unspecified atom stereocenters. The molecule has 1 aliphatic rings. The first-order valence-electron chi connectivity index (χ1n) is 6.57. The zero-order valence-corrected chi connectivity index (χ0v) is 13.7. The van der Waals surface area contributed by atoms with Crippen molar-refractivity contribution in [3.05, 3.63) is 34.7 Å². The zero-order valence-electron chi connectivity index (χ0n) is 12.0. The van der Waals surface area contributed by atoms with Crippen LogP contribution in [0.25, 0.3) is 10.4 Å². The number of hydroxylamine groups is 2. The summed E-state index contributed by atoms with van der Waals surface area (Å²) in [6.07, 6.45) is 0.139. The quantitative estimate of drug-likeness (QED) is 0.255. The van der Waals surface area contributed by atoms with Gasteiger partial charge in [0, 0.05) is 28.3 Å². The van der Waals surface area contributed by atoms with Gasteiger partial charge in [0.15, 0.2) is 0 Å². The molecule has 10 heteroatoms. The molecule has 1 saturated heterocycles. The number of carbonyl (C=O) groups is 3. The lowest BCUT2D eigenvalue weighted by molar-refractivity contribution is -0.196. The molecule has 1 aliphatic heterocycles. The van der Waals surface area contributed by atoms with E-state index >= 15 is 0 Å². The van der Waals surface area contributed by atoms with E-state index in [9.17, 15) is 14.4 Å². The third kappa shape index (κ3) is 4.65. The second kappa shape index (κ2) is 7.91. The van der Waals surface area contributed by atoms with Gasteiger partial charge in [0.05, 0.1) is 0 Å². The number of hydrogen-bond donors (Lipinski definition) is 0. The number of hydrogen-bond acceptors (Lipinski definition) is 7. The van der Waals surface area contributed by atoms with Gasteiger partial charge in [-0.2, -0.15) is 0 Å². The van der Waals surface area contributed by atoms with E-state index in [1.807, 2.05) is 0 Å². The number of amides is 2. The average Bonchev–Trinajstić information content (AvgIpc) is 2.86. The summed E-state index contributed by atoms with van der Waals surface area (Å²) in [5.74, 6) is -1.65. The molecule has 1 aromatic rings. The first kappa shape index (κ1) is 17.2. The molecule has 8 nitrogen and oxygen atoms in total. The summed E-state index contributed by atoms with van der Waals surface area (Å²) < 4.78 is 0. The topological polar surface area (TPSA) is 112 Å². The number of nitrogens with zero attached hydrogens (tertiary/aromatic N) is 4. The number of rotatable bonds is 6. The molecule has 23 heavy (non-hydrogen) atoms. The lowest BCUT2D eigenvalue weighted by Crippen LogP contribution is -2.34. The molecule has 1 aromatic carbocycles. The van der Waals surface area contributed by atoms with Crippen molar-refractivity contribution in [1.29, 1.82) is 0 Å². The van der Waals surface area contributed by atoms with E-state index in [0.717, 1.165) is 4.90 Å². The van der Waals surface area contributed by atoms with E-state index in [1.165, 1.54) is 21.6 Å². The highest BCUT2D eigenvalue weighted by Gasteiger charge is 2.34. The second-order valence-electron chi connectivity index (χ2n) is 4.50. The zero-order chi connectivity index (χ0) is 16.8. The molecule has 0 bridgehead atoms. The van der Waals surface area contributed by atoms with Crippen LogP contribution in [0.1, 0.15) is 19.8 Å². The summed E-state index contributed by atoms with van der Waals surface area (Å²) in [6.45, 7) is 1.62. The van der Waals surface area contributed by atoms with Crippen LogP contribution in [0, 0.1) is 0 Å². The van der Waals surface area contributed by atoms with Gasteiger partial charge in [-0.05, 0) is 24.6 Å². The molecule has 1 atom stereocenters. The van der Waals surface area contributed by atoms with Crippen molar-refractivity contribution in [2.45, 2.75) is 29.9 Å². The predicted molar refractivity (Wildman–Crippen MR) is 85.3 cm³/mol. The number of benzene rings is 1. The van der Waals surface area contributed by atoms with E-state index in [2.05, 4.69) is 10.0 Å². The van der Waals surface area contributed by atoms with E-state index < -0.39 is 23.0 Å². The minimum Gasteiger partial charge on any atom is -0.329 e. The molecule has 0 radical (unpaired) electrons. The molecule has 0 spiro atoms. The largest absolute Gasteiger partial charge is 0.346 e. The Morgan fingerprint density at radius 2 is 1.91 bits per heavy atom. The van der Waals surface area contributed by atoms with Crippen molar-refractivity contribution < 1.29 is 19.2 Å². The van der Waals surface area contributed by atoms with Crippen molar-refractivity contribution in [2.24, 2.45) is 5.11 Å². The number of azide groups is 1. The van der Waals surface area contributed by atoms with Gasteiger partial charge < -0.3 is 4.84 Å². The summed E-state index contributed by atoms with van der Waals surface area (Å²) in [5.41, 5.74) is 8.83. The maximum atomic E-state index is 11.9. The standard InChI is InChI=1S/C13H12N4O4S2/c1-8(13(20)21-17-11(18)6-7-12(17)19)22-23-10-4-2-9(3-5-10)15-16-14/h2-5,8H,6-7H2,1H3. The Kier molecular flexibility index (Phi) is 5.91. The molecule has 2 rings (SSSR count). The first-order valence-corrected chi connectivity index (χ1v) is 8.78. The highest BCUT2D eigenvalue weighted by Crippen LogP contribution is 2.35. The fraction of sp³-hybridized carbons (Fsp3) is 0.308. The summed E-state index contributed by atoms with van der Waals surface area (Å²) >= 11 is 0. The molecule has 0 saturated carbocycles. The predicted octanol–water partition coefficient (Wildman–Crippen LogP) is 3.36. The maximum Gasteiger partial charge on any atom is 0.346 e.